The number of halogens is 1. The van der Waals surface area contributed by atoms with Crippen molar-refractivity contribution in [3.63, 3.8) is 0 Å². The summed E-state index contributed by atoms with van der Waals surface area (Å²) >= 11 is 5.55. The summed E-state index contributed by atoms with van der Waals surface area (Å²) in [5.74, 6) is 0. The third-order valence-electron chi connectivity index (χ3n) is 1.21. The van der Waals surface area contributed by atoms with Gasteiger partial charge in [-0.05, 0) is 0 Å². The standard InChI is InChI=1S/C6H5ClN4OS/c1-13(12,11-3-8)6-2-5(7)9-4-10-6/h2,4H,1H3. The first kappa shape index (κ1) is 9.89. The van der Waals surface area contributed by atoms with E-state index in [1.54, 1.807) is 0 Å². The lowest BCUT2D eigenvalue weighted by atomic mass is 10.7. The van der Waals surface area contributed by atoms with Gasteiger partial charge < -0.3 is 0 Å². The first-order valence-electron chi connectivity index (χ1n) is 3.14. The molecule has 0 saturated heterocycles. The highest BCUT2D eigenvalue weighted by molar-refractivity contribution is 7.93. The van der Waals surface area contributed by atoms with Crippen molar-refractivity contribution in [3.8, 4) is 6.19 Å². The normalized spacial score (nSPS) is 14.2. The van der Waals surface area contributed by atoms with Crippen molar-refractivity contribution >= 4 is 21.3 Å². The SMILES string of the molecule is CS(=O)(=NC#N)c1cc(Cl)ncn1. The van der Waals surface area contributed by atoms with Crippen molar-refractivity contribution in [2.45, 2.75) is 5.03 Å². The molecule has 1 unspecified atom stereocenters. The molecule has 1 rings (SSSR count). The minimum Gasteiger partial charge on any atom is -0.242 e. The fraction of sp³-hybridized carbons (Fsp3) is 0.167. The summed E-state index contributed by atoms with van der Waals surface area (Å²) < 4.78 is 14.9. The second-order valence-corrected chi connectivity index (χ2v) is 4.77. The lowest BCUT2D eigenvalue weighted by Gasteiger charge is -1.98. The van der Waals surface area contributed by atoms with E-state index < -0.39 is 9.73 Å². The molecule has 7 heteroatoms. The smallest absolute Gasteiger partial charge is 0.215 e. The van der Waals surface area contributed by atoms with Gasteiger partial charge in [0, 0.05) is 12.3 Å². The van der Waals surface area contributed by atoms with E-state index in [2.05, 4.69) is 14.3 Å². The van der Waals surface area contributed by atoms with Gasteiger partial charge in [-0.3, -0.25) is 0 Å². The molecular weight excluding hydrogens is 212 g/mol. The summed E-state index contributed by atoms with van der Waals surface area (Å²) in [6.07, 6.45) is 3.96. The topological polar surface area (TPSA) is 79.0 Å². The molecule has 5 nitrogen and oxygen atoms in total. The second kappa shape index (κ2) is 3.68. The number of aromatic nitrogens is 2. The third-order valence-corrected chi connectivity index (χ3v) is 2.85. The molecule has 1 aromatic heterocycles. The molecule has 0 bridgehead atoms. The fourth-order valence-electron chi connectivity index (χ4n) is 0.649. The van der Waals surface area contributed by atoms with Crippen molar-refractivity contribution < 1.29 is 4.21 Å². The number of hydrogen-bond acceptors (Lipinski definition) is 5. The van der Waals surface area contributed by atoms with Gasteiger partial charge in [-0.15, -0.1) is 4.36 Å². The Morgan fingerprint density at radius 3 is 2.92 bits per heavy atom. The van der Waals surface area contributed by atoms with Gasteiger partial charge in [0.2, 0.25) is 6.19 Å². The molecule has 0 aliphatic heterocycles. The Balaban J connectivity index is 3.34. The van der Waals surface area contributed by atoms with Gasteiger partial charge >= 0.3 is 0 Å². The second-order valence-electron chi connectivity index (χ2n) is 2.17. The number of nitriles is 1. The Morgan fingerprint density at radius 1 is 1.69 bits per heavy atom. The van der Waals surface area contributed by atoms with Gasteiger partial charge in [-0.1, -0.05) is 11.6 Å². The van der Waals surface area contributed by atoms with E-state index >= 15 is 0 Å². The Hall–Kier alpha value is -1.19. The highest BCUT2D eigenvalue weighted by atomic mass is 35.5. The van der Waals surface area contributed by atoms with Crippen molar-refractivity contribution in [1.29, 1.82) is 5.26 Å². The number of nitrogens with zero attached hydrogens (tertiary/aromatic N) is 4. The van der Waals surface area contributed by atoms with Gasteiger partial charge in [-0.25, -0.2) is 14.2 Å². The Bertz CT molecular complexity index is 472. The zero-order valence-corrected chi connectivity index (χ0v) is 8.21. The molecule has 13 heavy (non-hydrogen) atoms. The van der Waals surface area contributed by atoms with Crippen LogP contribution in [0.1, 0.15) is 0 Å². The molecular formula is C6H5ClN4OS. The van der Waals surface area contributed by atoms with Crippen LogP contribution in [-0.4, -0.2) is 20.4 Å². The fourth-order valence-corrected chi connectivity index (χ4v) is 1.68. The lowest BCUT2D eigenvalue weighted by Crippen LogP contribution is -2.00. The molecule has 68 valence electrons. The van der Waals surface area contributed by atoms with Crippen molar-refractivity contribution in [2.75, 3.05) is 6.26 Å². The predicted octanol–water partition coefficient (Wildman–Crippen LogP) is 1.07. The summed E-state index contributed by atoms with van der Waals surface area (Å²) in [7, 11) is -2.75. The number of rotatable bonds is 1. The van der Waals surface area contributed by atoms with Crippen LogP contribution < -0.4 is 0 Å². The van der Waals surface area contributed by atoms with Crippen LogP contribution in [0.4, 0.5) is 0 Å². The van der Waals surface area contributed by atoms with Gasteiger partial charge in [0.1, 0.15) is 26.2 Å². The molecule has 0 radical (unpaired) electrons. The molecule has 0 saturated carbocycles. The maximum atomic E-state index is 11.6. The molecule has 0 aliphatic carbocycles. The van der Waals surface area contributed by atoms with Crippen LogP contribution in [0.3, 0.4) is 0 Å². The highest BCUT2D eigenvalue weighted by Gasteiger charge is 2.07. The van der Waals surface area contributed by atoms with Crippen LogP contribution in [0.15, 0.2) is 21.8 Å². The molecule has 0 aliphatic rings. The molecule has 1 heterocycles. The first-order chi connectivity index (χ1) is 6.06. The van der Waals surface area contributed by atoms with E-state index in [-0.39, 0.29) is 10.2 Å². The van der Waals surface area contributed by atoms with E-state index in [0.29, 0.717) is 0 Å². The average Bonchev–Trinajstić information content (AvgIpc) is 2.04. The summed E-state index contributed by atoms with van der Waals surface area (Å²) in [5.41, 5.74) is 0. The monoisotopic (exact) mass is 216 g/mol. The summed E-state index contributed by atoms with van der Waals surface area (Å²) in [4.78, 5) is 7.33. The van der Waals surface area contributed by atoms with Gasteiger partial charge in [-0.2, -0.15) is 5.26 Å². The van der Waals surface area contributed by atoms with E-state index in [1.807, 2.05) is 0 Å². The predicted molar refractivity (Wildman–Crippen MR) is 47.4 cm³/mol. The minimum absolute atomic E-state index is 0.161. The zero-order chi connectivity index (χ0) is 9.90. The molecule has 1 aromatic rings. The summed E-state index contributed by atoms with van der Waals surface area (Å²) in [6.45, 7) is 0. The van der Waals surface area contributed by atoms with E-state index in [4.69, 9.17) is 16.9 Å². The maximum absolute atomic E-state index is 11.6. The van der Waals surface area contributed by atoms with Crippen LogP contribution in [-0.2, 0) is 9.73 Å². The van der Waals surface area contributed by atoms with E-state index in [1.165, 1.54) is 24.8 Å². The third kappa shape index (κ3) is 2.37. The van der Waals surface area contributed by atoms with E-state index in [0.717, 1.165) is 0 Å². The number of hydrogen-bond donors (Lipinski definition) is 0. The average molecular weight is 217 g/mol. The zero-order valence-electron chi connectivity index (χ0n) is 6.64. The first-order valence-corrected chi connectivity index (χ1v) is 5.44. The van der Waals surface area contributed by atoms with Crippen LogP contribution in [0.2, 0.25) is 5.15 Å². The quantitative estimate of drug-likeness (QED) is 0.520. The summed E-state index contributed by atoms with van der Waals surface area (Å²) in [6, 6.07) is 1.32. The Labute approximate surface area is 80.6 Å². The van der Waals surface area contributed by atoms with Crippen LogP contribution in [0.25, 0.3) is 0 Å². The maximum Gasteiger partial charge on any atom is 0.215 e. The lowest BCUT2D eigenvalue weighted by molar-refractivity contribution is 0.677. The summed E-state index contributed by atoms with van der Waals surface area (Å²) in [5, 5.41) is 8.60. The van der Waals surface area contributed by atoms with Crippen LogP contribution in [0, 0.1) is 11.5 Å². The minimum atomic E-state index is -2.75. The highest BCUT2D eigenvalue weighted by Crippen LogP contribution is 2.11. The van der Waals surface area contributed by atoms with Crippen molar-refractivity contribution in [1.82, 2.24) is 9.97 Å². The van der Waals surface area contributed by atoms with Gasteiger partial charge in [0.05, 0.1) is 0 Å². The van der Waals surface area contributed by atoms with Crippen molar-refractivity contribution in [2.24, 2.45) is 4.36 Å². The van der Waals surface area contributed by atoms with Gasteiger partial charge in [0.25, 0.3) is 0 Å². The Morgan fingerprint density at radius 2 is 2.38 bits per heavy atom. The van der Waals surface area contributed by atoms with Crippen LogP contribution >= 0.6 is 11.6 Å². The van der Waals surface area contributed by atoms with E-state index in [9.17, 15) is 4.21 Å². The molecule has 0 aromatic carbocycles. The Kier molecular flexibility index (Phi) is 2.80. The van der Waals surface area contributed by atoms with Gasteiger partial charge in [0.15, 0.2) is 0 Å². The molecule has 0 amide bonds. The van der Waals surface area contributed by atoms with Crippen LogP contribution in [0.5, 0.6) is 0 Å². The van der Waals surface area contributed by atoms with Crippen molar-refractivity contribution in [3.05, 3.63) is 17.5 Å². The molecule has 0 N–H and O–H groups in total. The molecule has 0 spiro atoms. The molecule has 1 atom stereocenters. The molecule has 0 fully saturated rings. The largest absolute Gasteiger partial charge is 0.242 e.